The summed E-state index contributed by atoms with van der Waals surface area (Å²) >= 11 is 5.98. The first-order valence-corrected chi connectivity index (χ1v) is 6.32. The molecule has 1 heteroatoms. The standard InChI is InChI=1S/C14H21Cl/c1-4-6-12(7-5-2)14-9-8-13(15)10-11(14)3/h8-10,12H,4-7H2,1-3H3. The van der Waals surface area contributed by atoms with Crippen molar-refractivity contribution in [2.24, 2.45) is 0 Å². The second-order valence-electron chi connectivity index (χ2n) is 4.28. The molecule has 1 aromatic rings. The van der Waals surface area contributed by atoms with E-state index in [0.29, 0.717) is 0 Å². The molecule has 0 radical (unpaired) electrons. The van der Waals surface area contributed by atoms with Gasteiger partial charge >= 0.3 is 0 Å². The van der Waals surface area contributed by atoms with Crippen molar-refractivity contribution in [1.29, 1.82) is 0 Å². The lowest BCUT2D eigenvalue weighted by Crippen LogP contribution is -2.00. The van der Waals surface area contributed by atoms with Crippen molar-refractivity contribution in [3.63, 3.8) is 0 Å². The summed E-state index contributed by atoms with van der Waals surface area (Å²) in [6.45, 7) is 6.68. The monoisotopic (exact) mass is 224 g/mol. The first-order chi connectivity index (χ1) is 7.19. The molecule has 1 aromatic carbocycles. The molecule has 0 aliphatic rings. The fraction of sp³-hybridized carbons (Fsp3) is 0.571. The molecule has 1 rings (SSSR count). The van der Waals surface area contributed by atoms with Crippen LogP contribution in [-0.4, -0.2) is 0 Å². The van der Waals surface area contributed by atoms with E-state index in [4.69, 9.17) is 11.6 Å². The maximum absolute atomic E-state index is 5.98. The molecule has 0 saturated carbocycles. The Hall–Kier alpha value is -0.490. The molecule has 0 aromatic heterocycles. The molecule has 0 heterocycles. The zero-order valence-corrected chi connectivity index (χ0v) is 10.8. The predicted molar refractivity (Wildman–Crippen MR) is 68.7 cm³/mol. The van der Waals surface area contributed by atoms with Gasteiger partial charge in [-0.05, 0) is 48.9 Å². The van der Waals surface area contributed by atoms with Gasteiger partial charge in [0.1, 0.15) is 0 Å². The third-order valence-electron chi connectivity index (χ3n) is 2.95. The summed E-state index contributed by atoms with van der Waals surface area (Å²) in [6, 6.07) is 6.30. The van der Waals surface area contributed by atoms with E-state index in [2.05, 4.69) is 32.9 Å². The van der Waals surface area contributed by atoms with Crippen LogP contribution in [0, 0.1) is 6.92 Å². The third-order valence-corrected chi connectivity index (χ3v) is 3.18. The van der Waals surface area contributed by atoms with Gasteiger partial charge in [-0.2, -0.15) is 0 Å². The molecule has 0 aliphatic heterocycles. The smallest absolute Gasteiger partial charge is 0.0408 e. The van der Waals surface area contributed by atoms with Crippen molar-refractivity contribution in [1.82, 2.24) is 0 Å². The van der Waals surface area contributed by atoms with Crippen molar-refractivity contribution in [2.45, 2.75) is 52.4 Å². The van der Waals surface area contributed by atoms with Crippen LogP contribution in [0.2, 0.25) is 5.02 Å². The lowest BCUT2D eigenvalue weighted by Gasteiger charge is -2.18. The molecule has 0 amide bonds. The van der Waals surface area contributed by atoms with Gasteiger partial charge in [-0.15, -0.1) is 0 Å². The predicted octanol–water partition coefficient (Wildman–Crippen LogP) is 5.33. The Morgan fingerprint density at radius 3 is 2.20 bits per heavy atom. The fourth-order valence-corrected chi connectivity index (χ4v) is 2.48. The molecule has 0 aliphatic carbocycles. The topological polar surface area (TPSA) is 0 Å². The summed E-state index contributed by atoms with van der Waals surface area (Å²) in [4.78, 5) is 0. The maximum atomic E-state index is 5.98. The Kier molecular flexibility index (Phi) is 5.17. The van der Waals surface area contributed by atoms with Crippen LogP contribution < -0.4 is 0 Å². The van der Waals surface area contributed by atoms with E-state index in [9.17, 15) is 0 Å². The summed E-state index contributed by atoms with van der Waals surface area (Å²) in [5.74, 6) is 0.720. The largest absolute Gasteiger partial charge is 0.0843 e. The molecule has 0 saturated heterocycles. The molecular formula is C14H21Cl. The molecule has 0 unspecified atom stereocenters. The van der Waals surface area contributed by atoms with Crippen LogP contribution in [0.1, 0.15) is 56.6 Å². The van der Waals surface area contributed by atoms with Gasteiger partial charge in [0, 0.05) is 5.02 Å². The minimum atomic E-state index is 0.720. The van der Waals surface area contributed by atoms with Gasteiger partial charge in [0.05, 0.1) is 0 Å². The molecule has 84 valence electrons. The average molecular weight is 225 g/mol. The Labute approximate surface area is 98.7 Å². The van der Waals surface area contributed by atoms with Crippen molar-refractivity contribution in [3.05, 3.63) is 34.3 Å². The molecule has 0 fully saturated rings. The Balaban J connectivity index is 2.89. The molecule has 0 spiro atoms. The Bertz CT molecular complexity index is 298. The Morgan fingerprint density at radius 1 is 1.13 bits per heavy atom. The molecule has 0 bridgehead atoms. The quantitative estimate of drug-likeness (QED) is 0.634. The van der Waals surface area contributed by atoms with E-state index in [1.807, 2.05) is 6.07 Å². The van der Waals surface area contributed by atoms with Gasteiger partial charge in [-0.25, -0.2) is 0 Å². The number of hydrogen-bond acceptors (Lipinski definition) is 0. The summed E-state index contributed by atoms with van der Waals surface area (Å²) in [5, 5.41) is 0.850. The first kappa shape index (κ1) is 12.6. The highest BCUT2D eigenvalue weighted by atomic mass is 35.5. The SMILES string of the molecule is CCCC(CCC)c1ccc(Cl)cc1C. The lowest BCUT2D eigenvalue weighted by atomic mass is 9.88. The zero-order valence-electron chi connectivity index (χ0n) is 10.0. The van der Waals surface area contributed by atoms with Crippen LogP contribution in [0.5, 0.6) is 0 Å². The van der Waals surface area contributed by atoms with Crippen LogP contribution in [-0.2, 0) is 0 Å². The second-order valence-corrected chi connectivity index (χ2v) is 4.71. The number of benzene rings is 1. The highest BCUT2D eigenvalue weighted by Crippen LogP contribution is 2.30. The van der Waals surface area contributed by atoms with Crippen molar-refractivity contribution >= 4 is 11.6 Å². The van der Waals surface area contributed by atoms with Crippen LogP contribution in [0.25, 0.3) is 0 Å². The van der Waals surface area contributed by atoms with Gasteiger partial charge in [-0.1, -0.05) is 44.4 Å². The van der Waals surface area contributed by atoms with Crippen molar-refractivity contribution < 1.29 is 0 Å². The van der Waals surface area contributed by atoms with Gasteiger partial charge in [0.15, 0.2) is 0 Å². The van der Waals surface area contributed by atoms with E-state index in [1.54, 1.807) is 0 Å². The molecule has 0 nitrogen and oxygen atoms in total. The van der Waals surface area contributed by atoms with Crippen LogP contribution in [0.15, 0.2) is 18.2 Å². The van der Waals surface area contributed by atoms with Gasteiger partial charge in [0.25, 0.3) is 0 Å². The van der Waals surface area contributed by atoms with E-state index < -0.39 is 0 Å². The summed E-state index contributed by atoms with van der Waals surface area (Å²) in [6.07, 6.45) is 5.09. The van der Waals surface area contributed by atoms with Crippen molar-refractivity contribution in [3.8, 4) is 0 Å². The zero-order chi connectivity index (χ0) is 11.3. The van der Waals surface area contributed by atoms with Crippen LogP contribution >= 0.6 is 11.6 Å². The van der Waals surface area contributed by atoms with Gasteiger partial charge < -0.3 is 0 Å². The summed E-state index contributed by atoms with van der Waals surface area (Å²) in [7, 11) is 0. The van der Waals surface area contributed by atoms with E-state index in [0.717, 1.165) is 10.9 Å². The highest BCUT2D eigenvalue weighted by Gasteiger charge is 2.11. The fourth-order valence-electron chi connectivity index (χ4n) is 2.25. The van der Waals surface area contributed by atoms with Gasteiger partial charge in [-0.3, -0.25) is 0 Å². The number of halogens is 1. The van der Waals surface area contributed by atoms with Crippen molar-refractivity contribution in [2.75, 3.05) is 0 Å². The summed E-state index contributed by atoms with van der Waals surface area (Å²) in [5.41, 5.74) is 2.83. The molecular weight excluding hydrogens is 204 g/mol. The number of aryl methyl sites for hydroxylation is 1. The van der Waals surface area contributed by atoms with Crippen LogP contribution in [0.4, 0.5) is 0 Å². The van der Waals surface area contributed by atoms with Crippen LogP contribution in [0.3, 0.4) is 0 Å². The van der Waals surface area contributed by atoms with E-state index in [-0.39, 0.29) is 0 Å². The molecule has 0 atom stereocenters. The minimum Gasteiger partial charge on any atom is -0.0843 e. The minimum absolute atomic E-state index is 0.720. The van der Waals surface area contributed by atoms with E-state index in [1.165, 1.54) is 36.8 Å². The highest BCUT2D eigenvalue weighted by molar-refractivity contribution is 6.30. The summed E-state index contributed by atoms with van der Waals surface area (Å²) < 4.78 is 0. The van der Waals surface area contributed by atoms with E-state index >= 15 is 0 Å². The second kappa shape index (κ2) is 6.17. The molecule has 15 heavy (non-hydrogen) atoms. The number of rotatable bonds is 5. The van der Waals surface area contributed by atoms with Gasteiger partial charge in [0.2, 0.25) is 0 Å². The first-order valence-electron chi connectivity index (χ1n) is 5.95. The average Bonchev–Trinajstić information content (AvgIpc) is 2.17. The third kappa shape index (κ3) is 3.53. The number of hydrogen-bond donors (Lipinski definition) is 0. The normalized spacial score (nSPS) is 11.0. The molecule has 0 N–H and O–H groups in total. The Morgan fingerprint density at radius 2 is 1.73 bits per heavy atom. The lowest BCUT2D eigenvalue weighted by molar-refractivity contribution is 0.558. The maximum Gasteiger partial charge on any atom is 0.0408 e.